The molecular weight excluding hydrogens is 236 g/mol. The van der Waals surface area contributed by atoms with Crippen molar-refractivity contribution in [2.24, 2.45) is 0 Å². The van der Waals surface area contributed by atoms with Gasteiger partial charge in [-0.25, -0.2) is 4.79 Å². The minimum atomic E-state index is -0.293. The van der Waals surface area contributed by atoms with Crippen LogP contribution in [-0.4, -0.2) is 70.3 Å². The molecule has 0 aliphatic carbocycles. The first-order valence-corrected chi connectivity index (χ1v) is 5.94. The van der Waals surface area contributed by atoms with E-state index in [4.69, 9.17) is 4.74 Å². The van der Waals surface area contributed by atoms with E-state index in [0.717, 1.165) is 0 Å². The van der Waals surface area contributed by atoms with Crippen molar-refractivity contribution < 1.29 is 14.3 Å². The van der Waals surface area contributed by atoms with Crippen LogP contribution in [0.1, 0.15) is 6.92 Å². The third-order valence-corrected chi connectivity index (χ3v) is 2.26. The zero-order valence-corrected chi connectivity index (χ0v) is 11.6. The minimum absolute atomic E-state index is 0.0778. The molecule has 0 aliphatic heterocycles. The second kappa shape index (κ2) is 9.67. The third kappa shape index (κ3) is 7.86. The van der Waals surface area contributed by atoms with Gasteiger partial charge in [-0.05, 0) is 6.92 Å². The van der Waals surface area contributed by atoms with E-state index in [9.17, 15) is 9.59 Å². The maximum atomic E-state index is 11.5. The van der Waals surface area contributed by atoms with E-state index < -0.39 is 0 Å². The molecule has 0 aliphatic rings. The first kappa shape index (κ1) is 16.7. The van der Waals surface area contributed by atoms with Crippen molar-refractivity contribution in [3.05, 3.63) is 0 Å². The number of carbonyl (C=O) groups excluding carboxylic acids is 2. The molecule has 3 N–H and O–H groups in total. The Labute approximate surface area is 108 Å². The molecule has 0 aromatic carbocycles. The maximum absolute atomic E-state index is 11.5. The van der Waals surface area contributed by atoms with E-state index in [1.165, 1.54) is 4.90 Å². The number of amides is 3. The minimum Gasteiger partial charge on any atom is -0.383 e. The summed E-state index contributed by atoms with van der Waals surface area (Å²) in [6.07, 6.45) is 0. The summed E-state index contributed by atoms with van der Waals surface area (Å²) in [6.45, 7) is 3.79. The Hall–Kier alpha value is -1.34. The molecule has 0 aromatic rings. The molecular formula is C11H24N4O3. The first-order valence-electron chi connectivity index (χ1n) is 5.94. The smallest absolute Gasteiger partial charge is 0.316 e. The molecule has 0 heterocycles. The lowest BCUT2D eigenvalue weighted by Gasteiger charge is -2.15. The SMILES string of the molecule is COCCNC(=O)C(C)NCCNC(=O)N(C)C. The number of carbonyl (C=O) groups is 2. The number of rotatable bonds is 8. The fraction of sp³-hybridized carbons (Fsp3) is 0.818. The Morgan fingerprint density at radius 3 is 2.39 bits per heavy atom. The van der Waals surface area contributed by atoms with E-state index in [0.29, 0.717) is 26.2 Å². The number of urea groups is 1. The summed E-state index contributed by atoms with van der Waals surface area (Å²) < 4.78 is 4.83. The Balaban J connectivity index is 3.60. The Kier molecular flexibility index (Phi) is 8.95. The van der Waals surface area contributed by atoms with Crippen molar-refractivity contribution in [2.45, 2.75) is 13.0 Å². The van der Waals surface area contributed by atoms with Crippen LogP contribution < -0.4 is 16.0 Å². The molecule has 7 heteroatoms. The van der Waals surface area contributed by atoms with Gasteiger partial charge >= 0.3 is 6.03 Å². The molecule has 0 rings (SSSR count). The van der Waals surface area contributed by atoms with Crippen LogP contribution in [0.25, 0.3) is 0 Å². The van der Waals surface area contributed by atoms with Crippen LogP contribution in [0.15, 0.2) is 0 Å². The molecule has 106 valence electrons. The molecule has 0 fully saturated rings. The largest absolute Gasteiger partial charge is 0.383 e. The average molecular weight is 260 g/mol. The lowest BCUT2D eigenvalue weighted by Crippen LogP contribution is -2.46. The van der Waals surface area contributed by atoms with Crippen molar-refractivity contribution in [2.75, 3.05) is 47.4 Å². The highest BCUT2D eigenvalue weighted by Crippen LogP contribution is 1.81. The summed E-state index contributed by atoms with van der Waals surface area (Å²) in [5.74, 6) is -0.0778. The van der Waals surface area contributed by atoms with Gasteiger partial charge in [0.1, 0.15) is 0 Å². The summed E-state index contributed by atoms with van der Waals surface area (Å²) in [6, 6.07) is -0.438. The number of methoxy groups -OCH3 is 1. The van der Waals surface area contributed by atoms with Gasteiger partial charge in [-0.1, -0.05) is 0 Å². The Morgan fingerprint density at radius 1 is 1.17 bits per heavy atom. The van der Waals surface area contributed by atoms with Crippen LogP contribution in [0.4, 0.5) is 4.79 Å². The number of nitrogens with zero attached hydrogens (tertiary/aromatic N) is 1. The molecule has 1 unspecified atom stereocenters. The van der Waals surface area contributed by atoms with Crippen LogP contribution in [0, 0.1) is 0 Å². The zero-order valence-electron chi connectivity index (χ0n) is 11.6. The number of ether oxygens (including phenoxy) is 1. The number of nitrogens with one attached hydrogen (secondary N) is 3. The molecule has 0 saturated heterocycles. The van der Waals surface area contributed by atoms with Crippen LogP contribution in [0.5, 0.6) is 0 Å². The lowest BCUT2D eigenvalue weighted by atomic mass is 10.3. The van der Waals surface area contributed by atoms with Crippen molar-refractivity contribution >= 4 is 11.9 Å². The van der Waals surface area contributed by atoms with Gasteiger partial charge in [-0.2, -0.15) is 0 Å². The van der Waals surface area contributed by atoms with Gasteiger partial charge in [-0.15, -0.1) is 0 Å². The quantitative estimate of drug-likeness (QED) is 0.489. The van der Waals surface area contributed by atoms with Crippen LogP contribution in [-0.2, 0) is 9.53 Å². The van der Waals surface area contributed by atoms with Gasteiger partial charge < -0.3 is 25.6 Å². The van der Waals surface area contributed by atoms with E-state index in [-0.39, 0.29) is 18.0 Å². The molecule has 0 radical (unpaired) electrons. The van der Waals surface area contributed by atoms with Crippen molar-refractivity contribution in [3.63, 3.8) is 0 Å². The van der Waals surface area contributed by atoms with Crippen LogP contribution in [0.2, 0.25) is 0 Å². The standard InChI is InChI=1S/C11H24N4O3/c1-9(10(16)13-7-8-18-4)12-5-6-14-11(17)15(2)3/h9,12H,5-8H2,1-4H3,(H,13,16)(H,14,17). The molecule has 0 saturated carbocycles. The van der Waals surface area contributed by atoms with Gasteiger partial charge in [0.15, 0.2) is 0 Å². The highest BCUT2D eigenvalue weighted by molar-refractivity contribution is 5.81. The van der Waals surface area contributed by atoms with Crippen molar-refractivity contribution in [1.29, 1.82) is 0 Å². The fourth-order valence-electron chi connectivity index (χ4n) is 1.14. The average Bonchev–Trinajstić information content (AvgIpc) is 2.33. The summed E-state index contributed by atoms with van der Waals surface area (Å²) in [5.41, 5.74) is 0. The van der Waals surface area contributed by atoms with Crippen LogP contribution in [0.3, 0.4) is 0 Å². The molecule has 1 atom stereocenters. The summed E-state index contributed by atoms with van der Waals surface area (Å²) >= 11 is 0. The van der Waals surface area contributed by atoms with E-state index in [1.807, 2.05) is 0 Å². The second-order valence-corrected chi connectivity index (χ2v) is 4.09. The summed E-state index contributed by atoms with van der Waals surface area (Å²) in [4.78, 5) is 24.2. The first-order chi connectivity index (χ1) is 8.49. The van der Waals surface area contributed by atoms with E-state index in [2.05, 4.69) is 16.0 Å². The predicted molar refractivity (Wildman–Crippen MR) is 69.4 cm³/mol. The van der Waals surface area contributed by atoms with Gasteiger partial charge in [0.05, 0.1) is 12.6 Å². The Bertz CT molecular complexity index is 259. The topological polar surface area (TPSA) is 82.7 Å². The monoisotopic (exact) mass is 260 g/mol. The number of hydrogen-bond donors (Lipinski definition) is 3. The lowest BCUT2D eigenvalue weighted by molar-refractivity contribution is -0.122. The van der Waals surface area contributed by atoms with Gasteiger partial charge in [0, 0.05) is 40.8 Å². The maximum Gasteiger partial charge on any atom is 0.316 e. The molecule has 3 amide bonds. The van der Waals surface area contributed by atoms with Crippen molar-refractivity contribution in [1.82, 2.24) is 20.9 Å². The van der Waals surface area contributed by atoms with Crippen LogP contribution >= 0.6 is 0 Å². The Morgan fingerprint density at radius 2 is 1.83 bits per heavy atom. The molecule has 0 bridgehead atoms. The van der Waals surface area contributed by atoms with E-state index in [1.54, 1.807) is 28.1 Å². The normalized spacial score (nSPS) is 11.8. The molecule has 7 nitrogen and oxygen atoms in total. The second-order valence-electron chi connectivity index (χ2n) is 4.09. The molecule has 18 heavy (non-hydrogen) atoms. The van der Waals surface area contributed by atoms with Gasteiger partial charge in [0.2, 0.25) is 5.91 Å². The van der Waals surface area contributed by atoms with Gasteiger partial charge in [-0.3, -0.25) is 4.79 Å². The molecule has 0 spiro atoms. The summed E-state index contributed by atoms with van der Waals surface area (Å²) in [7, 11) is 4.94. The highest BCUT2D eigenvalue weighted by Gasteiger charge is 2.10. The predicted octanol–water partition coefficient (Wildman–Crippen LogP) is -1.00. The molecule has 0 aromatic heterocycles. The van der Waals surface area contributed by atoms with Crippen molar-refractivity contribution in [3.8, 4) is 0 Å². The van der Waals surface area contributed by atoms with E-state index >= 15 is 0 Å². The summed E-state index contributed by atoms with van der Waals surface area (Å²) in [5, 5.41) is 8.45. The fourth-order valence-corrected chi connectivity index (χ4v) is 1.14. The third-order valence-electron chi connectivity index (χ3n) is 2.26. The number of hydrogen-bond acceptors (Lipinski definition) is 4. The zero-order chi connectivity index (χ0) is 14.0. The highest BCUT2D eigenvalue weighted by atomic mass is 16.5. The van der Waals surface area contributed by atoms with Gasteiger partial charge in [0.25, 0.3) is 0 Å².